The summed E-state index contributed by atoms with van der Waals surface area (Å²) in [5, 5.41) is 43.4. The van der Waals surface area contributed by atoms with E-state index >= 15 is 0 Å². The molecule has 2 aromatic carbocycles. The summed E-state index contributed by atoms with van der Waals surface area (Å²) in [6.07, 6.45) is -0.0105. The van der Waals surface area contributed by atoms with Crippen LogP contribution in [0.4, 0.5) is 0 Å². The van der Waals surface area contributed by atoms with Crippen LogP contribution in [0.2, 0.25) is 0 Å². The molecule has 0 fully saturated rings. The number of carboxylic acids is 1. The third kappa shape index (κ3) is 8.66. The second kappa shape index (κ2) is 12.4. The standard InChI is InChI=1S/C14H9I3O4.C4H11NO3/c15-9-6-8(1-2-12(9)18)21-14-10(16)3-7(4-11(14)17)5-13(19)20;5-4(1-6,2-7)3-8/h1-4,6,18H,5H2,(H,19,20);6-8H,1-3,5H2. The molecule has 0 spiro atoms. The van der Waals surface area contributed by atoms with Crippen LogP contribution < -0.4 is 10.5 Å². The second-order valence-electron chi connectivity index (χ2n) is 6.01. The lowest BCUT2D eigenvalue weighted by atomic mass is 10.1. The molecule has 0 aliphatic rings. The maximum atomic E-state index is 10.8. The first kappa shape index (κ1) is 26.6. The maximum Gasteiger partial charge on any atom is 0.307 e. The van der Waals surface area contributed by atoms with E-state index in [1.54, 1.807) is 30.3 Å². The topological polar surface area (TPSA) is 153 Å². The molecule has 29 heavy (non-hydrogen) atoms. The van der Waals surface area contributed by atoms with E-state index < -0.39 is 31.3 Å². The van der Waals surface area contributed by atoms with Crippen molar-refractivity contribution in [2.45, 2.75) is 12.0 Å². The van der Waals surface area contributed by atoms with Gasteiger partial charge in [0.15, 0.2) is 5.75 Å². The quantitative estimate of drug-likeness (QED) is 0.237. The smallest absolute Gasteiger partial charge is 0.307 e. The third-order valence-electron chi connectivity index (χ3n) is 3.50. The highest BCUT2D eigenvalue weighted by Crippen LogP contribution is 2.34. The fraction of sp³-hybridized carbons (Fsp3) is 0.278. The molecule has 0 saturated carbocycles. The van der Waals surface area contributed by atoms with Gasteiger partial charge in [-0.25, -0.2) is 0 Å². The summed E-state index contributed by atoms with van der Waals surface area (Å²) < 4.78 is 8.26. The van der Waals surface area contributed by atoms with Gasteiger partial charge in [0.2, 0.25) is 0 Å². The number of benzene rings is 2. The molecule has 0 atom stereocenters. The lowest BCUT2D eigenvalue weighted by molar-refractivity contribution is -0.136. The predicted molar refractivity (Wildman–Crippen MR) is 132 cm³/mol. The Hall–Kier alpha value is -0.460. The summed E-state index contributed by atoms with van der Waals surface area (Å²) in [7, 11) is 0. The van der Waals surface area contributed by atoms with E-state index in [-0.39, 0.29) is 12.2 Å². The van der Waals surface area contributed by atoms with Crippen molar-refractivity contribution < 1.29 is 35.1 Å². The molecule has 0 heterocycles. The highest BCUT2D eigenvalue weighted by Gasteiger charge is 2.20. The summed E-state index contributed by atoms with van der Waals surface area (Å²) in [5.41, 5.74) is 4.68. The van der Waals surface area contributed by atoms with Crippen molar-refractivity contribution in [1.29, 1.82) is 0 Å². The lowest BCUT2D eigenvalue weighted by Gasteiger charge is -2.20. The zero-order chi connectivity index (χ0) is 22.2. The molecule has 7 N–H and O–H groups in total. The third-order valence-corrected chi connectivity index (χ3v) is 5.96. The number of aliphatic hydroxyl groups is 3. The Balaban J connectivity index is 0.000000447. The molecule has 0 unspecified atom stereocenters. The average molecular weight is 743 g/mol. The molecule has 2 rings (SSSR count). The van der Waals surface area contributed by atoms with Crippen molar-refractivity contribution >= 4 is 73.7 Å². The van der Waals surface area contributed by atoms with Gasteiger partial charge in [-0.05, 0) is 104 Å². The van der Waals surface area contributed by atoms with E-state index in [9.17, 15) is 9.90 Å². The summed E-state index contributed by atoms with van der Waals surface area (Å²) in [5.74, 6) is 0.665. The molecule has 0 aliphatic carbocycles. The van der Waals surface area contributed by atoms with Gasteiger partial charge >= 0.3 is 5.97 Å². The minimum atomic E-state index is -1.21. The van der Waals surface area contributed by atoms with Crippen molar-refractivity contribution in [2.75, 3.05) is 19.8 Å². The van der Waals surface area contributed by atoms with Gasteiger partial charge in [-0.3, -0.25) is 4.79 Å². The minimum absolute atomic E-state index is 0.0105. The van der Waals surface area contributed by atoms with Crippen molar-refractivity contribution in [3.05, 3.63) is 46.6 Å². The fourth-order valence-corrected chi connectivity index (χ4v) is 4.41. The van der Waals surface area contributed by atoms with E-state index in [1.165, 1.54) is 0 Å². The van der Waals surface area contributed by atoms with Gasteiger partial charge in [0.05, 0.1) is 42.5 Å². The Kier molecular flexibility index (Phi) is 11.4. The largest absolute Gasteiger partial charge is 0.507 e. The molecular weight excluding hydrogens is 723 g/mol. The number of hydrogen-bond donors (Lipinski definition) is 6. The average Bonchev–Trinajstić information content (AvgIpc) is 2.67. The number of aliphatic hydroxyl groups excluding tert-OH is 3. The van der Waals surface area contributed by atoms with E-state index in [0.717, 1.165) is 12.7 Å². The molecule has 0 aromatic heterocycles. The van der Waals surface area contributed by atoms with Crippen LogP contribution in [0.1, 0.15) is 5.56 Å². The summed E-state index contributed by atoms with van der Waals surface area (Å²) in [6, 6.07) is 8.62. The number of carboxylic acid groups (broad SMARTS) is 1. The molecule has 0 aliphatic heterocycles. The van der Waals surface area contributed by atoms with E-state index in [4.69, 9.17) is 30.9 Å². The number of aliphatic carboxylic acids is 1. The Morgan fingerprint density at radius 1 is 0.966 bits per heavy atom. The number of halogens is 3. The first-order valence-corrected chi connectivity index (χ1v) is 11.3. The van der Waals surface area contributed by atoms with Crippen LogP contribution >= 0.6 is 67.8 Å². The monoisotopic (exact) mass is 743 g/mol. The Labute approximate surface area is 208 Å². The van der Waals surface area contributed by atoms with Crippen LogP contribution in [-0.4, -0.2) is 56.9 Å². The van der Waals surface area contributed by atoms with Crippen LogP contribution in [0.5, 0.6) is 17.2 Å². The predicted octanol–water partition coefficient (Wildman–Crippen LogP) is 2.29. The van der Waals surface area contributed by atoms with E-state index in [0.29, 0.717) is 15.1 Å². The van der Waals surface area contributed by atoms with Crippen LogP contribution in [-0.2, 0) is 11.2 Å². The van der Waals surface area contributed by atoms with Crippen LogP contribution in [0, 0.1) is 10.7 Å². The molecule has 11 heteroatoms. The number of ether oxygens (including phenoxy) is 1. The number of hydrogen-bond acceptors (Lipinski definition) is 7. The van der Waals surface area contributed by atoms with Gasteiger partial charge in [-0.15, -0.1) is 0 Å². The zero-order valence-corrected chi connectivity index (χ0v) is 21.5. The van der Waals surface area contributed by atoms with Crippen LogP contribution in [0.25, 0.3) is 0 Å². The summed E-state index contributed by atoms with van der Waals surface area (Å²) >= 11 is 6.28. The Morgan fingerprint density at radius 3 is 1.86 bits per heavy atom. The highest BCUT2D eigenvalue weighted by molar-refractivity contribution is 14.1. The molecule has 0 bridgehead atoms. The van der Waals surface area contributed by atoms with Crippen molar-refractivity contribution in [3.8, 4) is 17.2 Å². The molecule has 2 aromatic rings. The van der Waals surface area contributed by atoms with Gasteiger partial charge in [0.25, 0.3) is 0 Å². The molecule has 8 nitrogen and oxygen atoms in total. The SMILES string of the molecule is NC(CO)(CO)CO.O=C(O)Cc1cc(I)c(Oc2ccc(O)c(I)c2)c(I)c1. The minimum Gasteiger partial charge on any atom is -0.507 e. The van der Waals surface area contributed by atoms with Gasteiger partial charge in [-0.2, -0.15) is 0 Å². The van der Waals surface area contributed by atoms with Gasteiger partial charge in [0, 0.05) is 0 Å². The normalized spacial score (nSPS) is 10.9. The number of phenolic OH excluding ortho intramolecular Hbond substituents is 1. The summed E-state index contributed by atoms with van der Waals surface area (Å²) in [6.45, 7) is -1.21. The number of nitrogens with two attached hydrogens (primary N) is 1. The molecular formula is C18H20I3NO7. The van der Waals surface area contributed by atoms with Gasteiger partial charge < -0.3 is 36.0 Å². The second-order valence-corrected chi connectivity index (χ2v) is 9.50. The van der Waals surface area contributed by atoms with Crippen LogP contribution in [0.15, 0.2) is 30.3 Å². The van der Waals surface area contributed by atoms with Gasteiger partial charge in [-0.1, -0.05) is 0 Å². The Morgan fingerprint density at radius 2 is 1.48 bits per heavy atom. The zero-order valence-electron chi connectivity index (χ0n) is 15.0. The molecule has 0 amide bonds. The van der Waals surface area contributed by atoms with Crippen molar-refractivity contribution in [2.24, 2.45) is 5.73 Å². The van der Waals surface area contributed by atoms with E-state index in [2.05, 4.69) is 45.2 Å². The number of carbonyl (C=O) groups is 1. The van der Waals surface area contributed by atoms with Crippen molar-refractivity contribution in [1.82, 2.24) is 0 Å². The van der Waals surface area contributed by atoms with E-state index in [1.807, 2.05) is 22.6 Å². The van der Waals surface area contributed by atoms with Crippen molar-refractivity contribution in [3.63, 3.8) is 0 Å². The molecule has 0 radical (unpaired) electrons. The first-order valence-electron chi connectivity index (χ1n) is 8.02. The summed E-state index contributed by atoms with van der Waals surface area (Å²) in [4.78, 5) is 10.8. The number of phenols is 1. The molecule has 160 valence electrons. The van der Waals surface area contributed by atoms with Gasteiger partial charge in [0.1, 0.15) is 11.5 Å². The van der Waals surface area contributed by atoms with Crippen LogP contribution in [0.3, 0.4) is 0 Å². The molecule has 0 saturated heterocycles. The fourth-order valence-electron chi connectivity index (χ4n) is 1.81. The first-order chi connectivity index (χ1) is 13.5. The number of aromatic hydroxyl groups is 1. The lowest BCUT2D eigenvalue weighted by Crippen LogP contribution is -2.50. The highest BCUT2D eigenvalue weighted by atomic mass is 127. The maximum absolute atomic E-state index is 10.8. The Bertz CT molecular complexity index is 813. The number of rotatable bonds is 7.